The third kappa shape index (κ3) is 3.07. The van der Waals surface area contributed by atoms with Gasteiger partial charge in [0.25, 0.3) is 5.56 Å². The quantitative estimate of drug-likeness (QED) is 0.571. The summed E-state index contributed by atoms with van der Waals surface area (Å²) in [5.41, 5.74) is 3.06. The molecule has 1 N–H and O–H groups in total. The van der Waals surface area contributed by atoms with Crippen molar-refractivity contribution in [2.45, 2.75) is 6.92 Å². The van der Waals surface area contributed by atoms with Gasteiger partial charge in [0.05, 0.1) is 24.4 Å². The first kappa shape index (κ1) is 18.0. The molecule has 4 rings (SSSR count). The summed E-state index contributed by atoms with van der Waals surface area (Å²) in [4.78, 5) is 22.2. The molecule has 0 atom stereocenters. The van der Waals surface area contributed by atoms with E-state index in [4.69, 9.17) is 9.47 Å². The molecule has 0 saturated heterocycles. The first-order valence-corrected chi connectivity index (χ1v) is 9.23. The third-order valence-corrected chi connectivity index (χ3v) is 5.28. The lowest BCUT2D eigenvalue weighted by Gasteiger charge is -2.09. The Kier molecular flexibility index (Phi) is 4.48. The van der Waals surface area contributed by atoms with Gasteiger partial charge in [-0.15, -0.1) is 0 Å². The number of rotatable bonds is 4. The summed E-state index contributed by atoms with van der Waals surface area (Å²) in [5.74, 6) is 0.465. The molecule has 0 bridgehead atoms. The molecule has 3 aromatic heterocycles. The summed E-state index contributed by atoms with van der Waals surface area (Å²) >= 11 is 1.29. The number of nitrogens with zero attached hydrogens (tertiary/aromatic N) is 3. The summed E-state index contributed by atoms with van der Waals surface area (Å²) in [5, 5.41) is 10.0. The summed E-state index contributed by atoms with van der Waals surface area (Å²) in [7, 11) is 2.91. The maximum atomic E-state index is 12.8. The molecule has 3 heterocycles. The molecule has 28 heavy (non-hydrogen) atoms. The van der Waals surface area contributed by atoms with E-state index in [2.05, 4.69) is 9.97 Å². The predicted octanol–water partition coefficient (Wildman–Crippen LogP) is 2.40. The molecule has 1 aromatic carbocycles. The van der Waals surface area contributed by atoms with E-state index >= 15 is 0 Å². The van der Waals surface area contributed by atoms with E-state index in [1.807, 2.05) is 19.1 Å². The fourth-order valence-electron chi connectivity index (χ4n) is 2.93. The molecule has 0 spiro atoms. The average Bonchev–Trinajstić information content (AvgIpc) is 3.23. The number of phenolic OH excluding ortho intramolecular Hbond substituents is 1. The normalized spacial score (nSPS) is 11.9. The predicted molar refractivity (Wildman–Crippen MR) is 107 cm³/mol. The maximum Gasteiger partial charge on any atom is 0.274 e. The lowest BCUT2D eigenvalue weighted by molar-refractivity contribution is 0.340. The van der Waals surface area contributed by atoms with Crippen LogP contribution in [0.3, 0.4) is 0 Å². The van der Waals surface area contributed by atoms with Gasteiger partial charge in [-0.05, 0) is 42.8 Å². The molecular formula is C20H17N3O4S. The number of hydrogen-bond donors (Lipinski definition) is 1. The van der Waals surface area contributed by atoms with Crippen molar-refractivity contribution in [2.75, 3.05) is 14.2 Å². The number of phenols is 1. The van der Waals surface area contributed by atoms with Crippen LogP contribution in [0, 0.1) is 6.92 Å². The summed E-state index contributed by atoms with van der Waals surface area (Å²) < 4.78 is 12.4. The Hall–Kier alpha value is -3.39. The van der Waals surface area contributed by atoms with Crippen molar-refractivity contribution in [3.63, 3.8) is 0 Å². The molecule has 7 nitrogen and oxygen atoms in total. The van der Waals surface area contributed by atoms with Gasteiger partial charge in [0.1, 0.15) is 0 Å². The largest absolute Gasteiger partial charge is 0.502 e. The number of benzene rings is 1. The number of hydrogen-bond acceptors (Lipinski definition) is 7. The van der Waals surface area contributed by atoms with E-state index in [1.165, 1.54) is 30.0 Å². The first-order valence-electron chi connectivity index (χ1n) is 8.42. The van der Waals surface area contributed by atoms with E-state index in [9.17, 15) is 9.90 Å². The van der Waals surface area contributed by atoms with Crippen molar-refractivity contribution in [3.8, 4) is 28.5 Å². The highest BCUT2D eigenvalue weighted by Gasteiger charge is 2.13. The van der Waals surface area contributed by atoms with Gasteiger partial charge >= 0.3 is 0 Å². The second-order valence-corrected chi connectivity index (χ2v) is 7.16. The van der Waals surface area contributed by atoms with Gasteiger partial charge in [0, 0.05) is 23.7 Å². The summed E-state index contributed by atoms with van der Waals surface area (Å²) in [6.45, 7) is 1.91. The van der Waals surface area contributed by atoms with Crippen LogP contribution in [-0.2, 0) is 0 Å². The minimum atomic E-state index is -0.157. The third-order valence-electron chi connectivity index (χ3n) is 4.30. The Morgan fingerprint density at radius 2 is 1.89 bits per heavy atom. The van der Waals surface area contributed by atoms with Crippen LogP contribution in [0.25, 0.3) is 22.3 Å². The lowest BCUT2D eigenvalue weighted by Crippen LogP contribution is -2.22. The van der Waals surface area contributed by atoms with Gasteiger partial charge in [-0.2, -0.15) is 0 Å². The van der Waals surface area contributed by atoms with E-state index in [-0.39, 0.29) is 22.8 Å². The topological polar surface area (TPSA) is 86.0 Å². The Balaban J connectivity index is 1.81. The van der Waals surface area contributed by atoms with E-state index in [0.717, 1.165) is 17.0 Å². The Labute approximate surface area is 164 Å². The maximum absolute atomic E-state index is 12.8. The Bertz CT molecular complexity index is 1270. The van der Waals surface area contributed by atoms with Crippen LogP contribution < -0.4 is 19.6 Å². The number of aromatic hydroxyl groups is 1. The fraction of sp³-hybridized carbons (Fsp3) is 0.150. The van der Waals surface area contributed by atoms with Gasteiger partial charge in [-0.25, -0.2) is 4.98 Å². The van der Waals surface area contributed by atoms with Crippen molar-refractivity contribution >= 4 is 22.4 Å². The summed E-state index contributed by atoms with van der Waals surface area (Å²) in [6.07, 6.45) is 5.18. The minimum absolute atomic E-state index is 0.0808. The van der Waals surface area contributed by atoms with E-state index in [0.29, 0.717) is 15.1 Å². The van der Waals surface area contributed by atoms with E-state index in [1.54, 1.807) is 30.6 Å². The molecule has 0 radical (unpaired) electrons. The van der Waals surface area contributed by atoms with Gasteiger partial charge in [-0.1, -0.05) is 11.3 Å². The number of aromatic nitrogens is 3. The number of fused-ring (bicyclic) bond motifs is 1. The smallest absolute Gasteiger partial charge is 0.274 e. The molecule has 4 aromatic rings. The summed E-state index contributed by atoms with van der Waals surface area (Å²) in [6, 6.07) is 7.08. The second kappa shape index (κ2) is 6.97. The zero-order valence-corrected chi connectivity index (χ0v) is 16.3. The highest BCUT2D eigenvalue weighted by Crippen LogP contribution is 2.37. The van der Waals surface area contributed by atoms with Crippen LogP contribution in [0.15, 0.2) is 41.5 Å². The van der Waals surface area contributed by atoms with Crippen LogP contribution >= 0.6 is 11.3 Å². The minimum Gasteiger partial charge on any atom is -0.502 e. The Morgan fingerprint density at radius 3 is 2.50 bits per heavy atom. The van der Waals surface area contributed by atoms with Crippen LogP contribution in [0.4, 0.5) is 0 Å². The van der Waals surface area contributed by atoms with Crippen molar-refractivity contribution in [2.24, 2.45) is 0 Å². The molecular weight excluding hydrogens is 378 g/mol. The molecule has 142 valence electrons. The number of imidazole rings is 1. The lowest BCUT2D eigenvalue weighted by atomic mass is 10.1. The Morgan fingerprint density at radius 1 is 1.18 bits per heavy atom. The highest BCUT2D eigenvalue weighted by atomic mass is 32.1. The van der Waals surface area contributed by atoms with Gasteiger partial charge in [-0.3, -0.25) is 14.2 Å². The van der Waals surface area contributed by atoms with Crippen molar-refractivity contribution in [3.05, 3.63) is 62.8 Å². The van der Waals surface area contributed by atoms with Crippen LogP contribution in [-0.4, -0.2) is 33.7 Å². The van der Waals surface area contributed by atoms with Crippen LogP contribution in [0.2, 0.25) is 0 Å². The van der Waals surface area contributed by atoms with Gasteiger partial charge in [0.15, 0.2) is 16.5 Å². The molecule has 0 aliphatic rings. The average molecular weight is 395 g/mol. The van der Waals surface area contributed by atoms with Gasteiger partial charge in [0.2, 0.25) is 5.75 Å². The highest BCUT2D eigenvalue weighted by molar-refractivity contribution is 7.15. The molecule has 0 saturated carbocycles. The van der Waals surface area contributed by atoms with Crippen molar-refractivity contribution in [1.82, 2.24) is 14.4 Å². The molecule has 0 aliphatic carbocycles. The molecule has 0 aliphatic heterocycles. The molecule has 0 unspecified atom stereocenters. The SMILES string of the molecule is COc1cc(C=c2sc3nc(-c4ccnc(C)c4)cn3c2=O)cc(OC)c1O. The number of thiazole rings is 1. The zero-order valence-electron chi connectivity index (χ0n) is 15.5. The number of ether oxygens (including phenoxy) is 2. The van der Waals surface area contributed by atoms with Crippen LogP contribution in [0.5, 0.6) is 17.2 Å². The molecule has 8 heteroatoms. The monoisotopic (exact) mass is 395 g/mol. The first-order chi connectivity index (χ1) is 13.5. The number of pyridine rings is 1. The zero-order chi connectivity index (χ0) is 19.8. The van der Waals surface area contributed by atoms with Gasteiger partial charge < -0.3 is 14.6 Å². The van der Waals surface area contributed by atoms with Crippen LogP contribution in [0.1, 0.15) is 11.3 Å². The second-order valence-electron chi connectivity index (χ2n) is 6.15. The number of aryl methyl sites for hydroxylation is 1. The van der Waals surface area contributed by atoms with Crippen molar-refractivity contribution < 1.29 is 14.6 Å². The van der Waals surface area contributed by atoms with Crippen molar-refractivity contribution in [1.29, 1.82) is 0 Å². The molecule has 0 fully saturated rings. The molecule has 0 amide bonds. The van der Waals surface area contributed by atoms with E-state index < -0.39 is 0 Å². The number of methoxy groups -OCH3 is 2. The fourth-order valence-corrected chi connectivity index (χ4v) is 3.88. The standard InChI is InChI=1S/C20H17N3O4S/c1-11-6-13(4-5-21-11)14-10-23-19(25)17(28-20(23)22-14)9-12-7-15(26-2)18(24)16(8-12)27-3/h4-10,24H,1-3H3.